The average Bonchev–Trinajstić information content (AvgIpc) is 2.79. The summed E-state index contributed by atoms with van der Waals surface area (Å²) in [6.07, 6.45) is 2.43. The molecule has 0 saturated heterocycles. The maximum atomic E-state index is 5.31. The summed E-state index contributed by atoms with van der Waals surface area (Å²) >= 11 is 0. The van der Waals surface area contributed by atoms with Gasteiger partial charge in [0, 0.05) is 25.8 Å². The molecule has 2 rings (SSSR count). The van der Waals surface area contributed by atoms with E-state index in [1.165, 1.54) is 6.33 Å². The molecule has 0 aromatic carbocycles. The number of anilines is 1. The summed E-state index contributed by atoms with van der Waals surface area (Å²) in [6.45, 7) is 8.31. The largest absolute Gasteiger partial charge is 0.382 e. The molecule has 0 aliphatic rings. The number of aromatic nitrogens is 5. The van der Waals surface area contributed by atoms with Crippen molar-refractivity contribution >= 4 is 17.0 Å². The summed E-state index contributed by atoms with van der Waals surface area (Å²) in [5.74, 6) is 0.732. The number of ether oxygens (including phenoxy) is 1. The van der Waals surface area contributed by atoms with E-state index < -0.39 is 0 Å². The maximum absolute atomic E-state index is 5.31. The highest BCUT2D eigenvalue weighted by molar-refractivity contribution is 5.81. The zero-order valence-corrected chi connectivity index (χ0v) is 11.6. The fourth-order valence-corrected chi connectivity index (χ4v) is 1.78. The fraction of sp³-hybridized carbons (Fsp3) is 0.667. The van der Waals surface area contributed by atoms with E-state index in [-0.39, 0.29) is 0 Å². The first kappa shape index (κ1) is 13.7. The van der Waals surface area contributed by atoms with Crippen LogP contribution in [0.3, 0.4) is 0 Å². The molecule has 7 nitrogen and oxygen atoms in total. The number of nitrogens with one attached hydrogen (secondary N) is 1. The predicted octanol–water partition coefficient (Wildman–Crippen LogP) is 1.47. The van der Waals surface area contributed by atoms with Crippen LogP contribution in [0.15, 0.2) is 6.33 Å². The van der Waals surface area contributed by atoms with Crippen molar-refractivity contribution in [2.75, 3.05) is 18.5 Å². The van der Waals surface area contributed by atoms with Crippen LogP contribution in [0.2, 0.25) is 0 Å². The SMILES string of the molecule is CCOCCCn1nnc2c(NC(C)C)ncnc21. The van der Waals surface area contributed by atoms with Crippen molar-refractivity contribution in [3.63, 3.8) is 0 Å². The molecule has 0 spiro atoms. The summed E-state index contributed by atoms with van der Waals surface area (Å²) in [7, 11) is 0. The fourth-order valence-electron chi connectivity index (χ4n) is 1.78. The van der Waals surface area contributed by atoms with Crippen molar-refractivity contribution in [3.05, 3.63) is 6.33 Å². The molecular formula is C12H20N6O. The molecule has 1 N–H and O–H groups in total. The van der Waals surface area contributed by atoms with Crippen LogP contribution in [0.4, 0.5) is 5.82 Å². The molecule has 0 amide bonds. The van der Waals surface area contributed by atoms with E-state index in [9.17, 15) is 0 Å². The number of hydrogen-bond acceptors (Lipinski definition) is 6. The Morgan fingerprint density at radius 3 is 2.95 bits per heavy atom. The molecule has 7 heteroatoms. The minimum absolute atomic E-state index is 0.293. The van der Waals surface area contributed by atoms with Gasteiger partial charge in [-0.2, -0.15) is 0 Å². The minimum atomic E-state index is 0.293. The number of aryl methyl sites for hydroxylation is 1. The highest BCUT2D eigenvalue weighted by Gasteiger charge is 2.11. The van der Waals surface area contributed by atoms with Crippen molar-refractivity contribution in [2.24, 2.45) is 0 Å². The van der Waals surface area contributed by atoms with E-state index in [1.807, 2.05) is 6.92 Å². The number of fused-ring (bicyclic) bond motifs is 1. The lowest BCUT2D eigenvalue weighted by Gasteiger charge is -2.08. The topological polar surface area (TPSA) is 77.8 Å². The molecule has 0 saturated carbocycles. The van der Waals surface area contributed by atoms with Crippen molar-refractivity contribution in [2.45, 2.75) is 39.8 Å². The van der Waals surface area contributed by atoms with Gasteiger partial charge in [-0.25, -0.2) is 14.6 Å². The Hall–Kier alpha value is -1.76. The third-order valence-corrected chi connectivity index (χ3v) is 2.59. The summed E-state index contributed by atoms with van der Waals surface area (Å²) in [4.78, 5) is 8.46. The van der Waals surface area contributed by atoms with Gasteiger partial charge in [-0.15, -0.1) is 5.10 Å². The Labute approximate surface area is 112 Å². The van der Waals surface area contributed by atoms with E-state index >= 15 is 0 Å². The number of hydrogen-bond donors (Lipinski definition) is 1. The first-order valence-electron chi connectivity index (χ1n) is 6.60. The Morgan fingerprint density at radius 1 is 1.37 bits per heavy atom. The summed E-state index contributed by atoms with van der Waals surface area (Å²) in [6, 6.07) is 0.293. The lowest BCUT2D eigenvalue weighted by atomic mass is 10.3. The zero-order chi connectivity index (χ0) is 13.7. The van der Waals surface area contributed by atoms with Crippen LogP contribution in [0.5, 0.6) is 0 Å². The lowest BCUT2D eigenvalue weighted by Crippen LogP contribution is -2.11. The molecule has 0 bridgehead atoms. The van der Waals surface area contributed by atoms with Gasteiger partial charge in [-0.1, -0.05) is 5.21 Å². The molecule has 0 aliphatic carbocycles. The second-order valence-electron chi connectivity index (χ2n) is 4.56. The van der Waals surface area contributed by atoms with Gasteiger partial charge >= 0.3 is 0 Å². The number of rotatable bonds is 7. The van der Waals surface area contributed by atoms with E-state index in [1.54, 1.807) is 4.68 Å². The third-order valence-electron chi connectivity index (χ3n) is 2.59. The normalized spacial score (nSPS) is 11.4. The van der Waals surface area contributed by atoms with Gasteiger partial charge in [0.05, 0.1) is 0 Å². The second-order valence-corrected chi connectivity index (χ2v) is 4.56. The van der Waals surface area contributed by atoms with Crippen molar-refractivity contribution < 1.29 is 4.74 Å². The maximum Gasteiger partial charge on any atom is 0.183 e. The van der Waals surface area contributed by atoms with Gasteiger partial charge in [-0.3, -0.25) is 0 Å². The van der Waals surface area contributed by atoms with E-state index in [0.29, 0.717) is 11.6 Å². The van der Waals surface area contributed by atoms with Crippen LogP contribution in [-0.2, 0) is 11.3 Å². The predicted molar refractivity (Wildman–Crippen MR) is 73.0 cm³/mol. The quantitative estimate of drug-likeness (QED) is 0.763. The monoisotopic (exact) mass is 264 g/mol. The van der Waals surface area contributed by atoms with E-state index in [4.69, 9.17) is 4.74 Å². The van der Waals surface area contributed by atoms with Crippen molar-refractivity contribution in [3.8, 4) is 0 Å². The van der Waals surface area contributed by atoms with Crippen LogP contribution >= 0.6 is 0 Å². The van der Waals surface area contributed by atoms with Crippen LogP contribution in [0, 0.1) is 0 Å². The van der Waals surface area contributed by atoms with Crippen LogP contribution in [0.1, 0.15) is 27.2 Å². The van der Waals surface area contributed by atoms with Crippen LogP contribution < -0.4 is 5.32 Å². The standard InChI is InChI=1S/C12H20N6O/c1-4-19-7-5-6-18-12-10(16-17-18)11(13-8-14-12)15-9(2)3/h8-9H,4-7H2,1-3H3,(H,13,14,15). The van der Waals surface area contributed by atoms with Crippen LogP contribution in [0.25, 0.3) is 11.2 Å². The van der Waals surface area contributed by atoms with Gasteiger partial charge in [0.2, 0.25) is 0 Å². The molecule has 0 atom stereocenters. The first-order chi connectivity index (χ1) is 9.22. The molecule has 0 aliphatic heterocycles. The Morgan fingerprint density at radius 2 is 2.21 bits per heavy atom. The smallest absolute Gasteiger partial charge is 0.183 e. The summed E-state index contributed by atoms with van der Waals surface area (Å²) in [5, 5.41) is 11.5. The summed E-state index contributed by atoms with van der Waals surface area (Å²) < 4.78 is 7.11. The van der Waals surface area contributed by atoms with Crippen molar-refractivity contribution in [1.82, 2.24) is 25.0 Å². The third kappa shape index (κ3) is 3.37. The van der Waals surface area contributed by atoms with Gasteiger partial charge in [-0.05, 0) is 27.2 Å². The molecule has 2 aromatic heterocycles. The van der Waals surface area contributed by atoms with Gasteiger partial charge < -0.3 is 10.1 Å². The average molecular weight is 264 g/mol. The Balaban J connectivity index is 2.14. The molecular weight excluding hydrogens is 244 g/mol. The summed E-state index contributed by atoms with van der Waals surface area (Å²) in [5.41, 5.74) is 1.47. The lowest BCUT2D eigenvalue weighted by molar-refractivity contribution is 0.141. The second kappa shape index (κ2) is 6.42. The Kier molecular flexibility index (Phi) is 4.62. The van der Waals surface area contributed by atoms with Gasteiger partial charge in [0.15, 0.2) is 17.0 Å². The highest BCUT2D eigenvalue weighted by atomic mass is 16.5. The molecule has 19 heavy (non-hydrogen) atoms. The first-order valence-corrected chi connectivity index (χ1v) is 6.60. The minimum Gasteiger partial charge on any atom is -0.382 e. The molecule has 0 radical (unpaired) electrons. The molecule has 0 fully saturated rings. The van der Waals surface area contributed by atoms with Crippen LogP contribution in [-0.4, -0.2) is 44.2 Å². The molecule has 0 unspecified atom stereocenters. The van der Waals surface area contributed by atoms with E-state index in [0.717, 1.165) is 37.6 Å². The molecule has 2 heterocycles. The molecule has 104 valence electrons. The highest BCUT2D eigenvalue weighted by Crippen LogP contribution is 2.16. The van der Waals surface area contributed by atoms with E-state index in [2.05, 4.69) is 39.4 Å². The zero-order valence-electron chi connectivity index (χ0n) is 11.6. The van der Waals surface area contributed by atoms with Gasteiger partial charge in [0.25, 0.3) is 0 Å². The number of nitrogens with zero attached hydrogens (tertiary/aromatic N) is 5. The van der Waals surface area contributed by atoms with Gasteiger partial charge in [0.1, 0.15) is 6.33 Å². The molecule has 2 aromatic rings. The van der Waals surface area contributed by atoms with Crippen molar-refractivity contribution in [1.29, 1.82) is 0 Å². The Bertz CT molecular complexity index is 524.